The normalized spacial score (nSPS) is 14.8. The van der Waals surface area contributed by atoms with Crippen molar-refractivity contribution in [1.82, 2.24) is 0 Å². The third kappa shape index (κ3) is 2.85. The van der Waals surface area contributed by atoms with Gasteiger partial charge in [-0.15, -0.1) is 0 Å². The van der Waals surface area contributed by atoms with Crippen LogP contribution in [0.3, 0.4) is 0 Å². The van der Waals surface area contributed by atoms with Crippen molar-refractivity contribution in [3.63, 3.8) is 0 Å². The molecule has 0 heterocycles. The predicted molar refractivity (Wildman–Crippen MR) is 107 cm³/mol. The van der Waals surface area contributed by atoms with Crippen molar-refractivity contribution in [2.75, 3.05) is 5.33 Å². The topological polar surface area (TPSA) is 0 Å². The first-order valence-electron chi connectivity index (χ1n) is 8.40. The van der Waals surface area contributed by atoms with Crippen LogP contribution in [0.25, 0.3) is 16.7 Å². The lowest BCUT2D eigenvalue weighted by atomic mass is 9.92. The van der Waals surface area contributed by atoms with E-state index in [2.05, 4.69) is 94.8 Å². The molecule has 1 aliphatic carbocycles. The number of halogens is 1. The SMILES string of the molecule is BrC/C=C1\c2ccccc2CCc2cc(-c3ccccc3)ccc21. The molecular weight excluding hydrogens is 356 g/mol. The molecule has 0 radical (unpaired) electrons. The third-order valence-corrected chi connectivity index (χ3v) is 5.08. The molecule has 0 unspecified atom stereocenters. The highest BCUT2D eigenvalue weighted by Crippen LogP contribution is 2.35. The van der Waals surface area contributed by atoms with Crippen LogP contribution in [0, 0.1) is 0 Å². The number of benzene rings is 3. The Morgan fingerprint density at radius 3 is 2.25 bits per heavy atom. The van der Waals surface area contributed by atoms with Crippen LogP contribution >= 0.6 is 15.9 Å². The number of hydrogen-bond donors (Lipinski definition) is 0. The van der Waals surface area contributed by atoms with Gasteiger partial charge in [-0.2, -0.15) is 0 Å². The van der Waals surface area contributed by atoms with E-state index in [1.165, 1.54) is 39.0 Å². The molecule has 0 spiro atoms. The van der Waals surface area contributed by atoms with Crippen LogP contribution in [0.4, 0.5) is 0 Å². The van der Waals surface area contributed by atoms with E-state index >= 15 is 0 Å². The standard InChI is InChI=1S/C23H19Br/c24-15-14-23-21-9-5-4-8-18(21)10-11-20-16-19(12-13-22(20)23)17-6-2-1-3-7-17/h1-9,12-14,16H,10-11,15H2/b23-14+. The van der Waals surface area contributed by atoms with Crippen LogP contribution in [-0.2, 0) is 12.8 Å². The molecule has 0 N–H and O–H groups in total. The van der Waals surface area contributed by atoms with E-state index in [0.29, 0.717) is 0 Å². The van der Waals surface area contributed by atoms with Gasteiger partial charge < -0.3 is 0 Å². The highest BCUT2D eigenvalue weighted by atomic mass is 79.9. The first-order chi connectivity index (χ1) is 11.9. The quantitative estimate of drug-likeness (QED) is 0.463. The summed E-state index contributed by atoms with van der Waals surface area (Å²) in [5, 5.41) is 0.872. The molecule has 24 heavy (non-hydrogen) atoms. The fraction of sp³-hybridized carbons (Fsp3) is 0.130. The Morgan fingerprint density at radius 2 is 1.42 bits per heavy atom. The first kappa shape index (κ1) is 15.4. The molecule has 0 saturated heterocycles. The van der Waals surface area contributed by atoms with Gasteiger partial charge >= 0.3 is 0 Å². The van der Waals surface area contributed by atoms with Crippen LogP contribution in [0.15, 0.2) is 78.9 Å². The van der Waals surface area contributed by atoms with Crippen molar-refractivity contribution in [2.24, 2.45) is 0 Å². The molecule has 1 heteroatoms. The Kier molecular flexibility index (Phi) is 4.36. The van der Waals surface area contributed by atoms with Crippen LogP contribution in [-0.4, -0.2) is 5.33 Å². The summed E-state index contributed by atoms with van der Waals surface area (Å²) in [6.45, 7) is 0. The highest BCUT2D eigenvalue weighted by molar-refractivity contribution is 9.09. The lowest BCUT2D eigenvalue weighted by Gasteiger charge is -2.13. The van der Waals surface area contributed by atoms with Crippen molar-refractivity contribution in [2.45, 2.75) is 12.8 Å². The van der Waals surface area contributed by atoms with Gasteiger partial charge in [0.25, 0.3) is 0 Å². The molecule has 118 valence electrons. The molecule has 0 amide bonds. The smallest absolute Gasteiger partial charge is 0.0221 e. The van der Waals surface area contributed by atoms with Crippen LogP contribution in [0.1, 0.15) is 22.3 Å². The average molecular weight is 375 g/mol. The van der Waals surface area contributed by atoms with Crippen molar-refractivity contribution in [3.8, 4) is 11.1 Å². The zero-order valence-corrected chi connectivity index (χ0v) is 15.1. The van der Waals surface area contributed by atoms with E-state index in [1.54, 1.807) is 0 Å². The molecule has 3 aromatic rings. The summed E-state index contributed by atoms with van der Waals surface area (Å²) in [4.78, 5) is 0. The van der Waals surface area contributed by atoms with E-state index < -0.39 is 0 Å². The predicted octanol–water partition coefficient (Wildman–Crippen LogP) is 6.28. The minimum absolute atomic E-state index is 0.872. The van der Waals surface area contributed by atoms with Gasteiger partial charge in [-0.3, -0.25) is 0 Å². The summed E-state index contributed by atoms with van der Waals surface area (Å²) in [5.74, 6) is 0. The van der Waals surface area contributed by atoms with E-state index in [9.17, 15) is 0 Å². The van der Waals surface area contributed by atoms with Gasteiger partial charge in [-0.05, 0) is 51.8 Å². The molecular formula is C23H19Br. The number of allylic oxidation sites excluding steroid dienone is 1. The zero-order valence-electron chi connectivity index (χ0n) is 13.5. The van der Waals surface area contributed by atoms with Crippen molar-refractivity contribution < 1.29 is 0 Å². The maximum absolute atomic E-state index is 3.59. The summed E-state index contributed by atoms with van der Waals surface area (Å²) < 4.78 is 0. The minimum atomic E-state index is 0.872. The third-order valence-electron chi connectivity index (χ3n) is 4.76. The summed E-state index contributed by atoms with van der Waals surface area (Å²) in [6, 6.07) is 26.4. The lowest BCUT2D eigenvalue weighted by molar-refractivity contribution is 0.965. The van der Waals surface area contributed by atoms with E-state index in [-0.39, 0.29) is 0 Å². The molecule has 0 bridgehead atoms. The van der Waals surface area contributed by atoms with Gasteiger partial charge in [-0.1, -0.05) is 94.8 Å². The minimum Gasteiger partial charge on any atom is -0.0883 e. The van der Waals surface area contributed by atoms with Gasteiger partial charge in [0.1, 0.15) is 0 Å². The van der Waals surface area contributed by atoms with Crippen LogP contribution in [0.5, 0.6) is 0 Å². The number of fused-ring (bicyclic) bond motifs is 2. The van der Waals surface area contributed by atoms with Gasteiger partial charge in [0.15, 0.2) is 0 Å². The molecule has 0 nitrogen and oxygen atoms in total. The van der Waals surface area contributed by atoms with E-state index in [1.807, 2.05) is 0 Å². The molecule has 0 aromatic heterocycles. The Morgan fingerprint density at radius 1 is 0.708 bits per heavy atom. The summed E-state index contributed by atoms with van der Waals surface area (Å²) in [7, 11) is 0. The lowest BCUT2D eigenvalue weighted by Crippen LogP contribution is -1.94. The number of rotatable bonds is 2. The largest absolute Gasteiger partial charge is 0.0883 e. The second-order valence-corrected chi connectivity index (χ2v) is 6.81. The summed E-state index contributed by atoms with van der Waals surface area (Å²) in [5.41, 5.74) is 9.59. The van der Waals surface area contributed by atoms with E-state index in [4.69, 9.17) is 0 Å². The molecule has 0 saturated carbocycles. The van der Waals surface area contributed by atoms with E-state index in [0.717, 1.165) is 18.2 Å². The highest BCUT2D eigenvalue weighted by Gasteiger charge is 2.18. The molecule has 1 aliphatic rings. The van der Waals surface area contributed by atoms with Crippen LogP contribution in [0.2, 0.25) is 0 Å². The molecule has 0 atom stereocenters. The average Bonchev–Trinajstić information content (AvgIpc) is 2.80. The Bertz CT molecular complexity index is 891. The fourth-order valence-electron chi connectivity index (χ4n) is 3.59. The maximum Gasteiger partial charge on any atom is 0.0221 e. The summed E-state index contributed by atoms with van der Waals surface area (Å²) in [6.07, 6.45) is 4.48. The first-order valence-corrected chi connectivity index (χ1v) is 9.52. The number of hydrogen-bond acceptors (Lipinski definition) is 0. The fourth-order valence-corrected chi connectivity index (χ4v) is 3.91. The van der Waals surface area contributed by atoms with Gasteiger partial charge in [0, 0.05) is 5.33 Å². The van der Waals surface area contributed by atoms with Crippen molar-refractivity contribution in [3.05, 3.63) is 101 Å². The molecule has 3 aromatic carbocycles. The number of alkyl halides is 1. The maximum atomic E-state index is 3.59. The van der Waals surface area contributed by atoms with Gasteiger partial charge in [0.2, 0.25) is 0 Å². The molecule has 0 aliphatic heterocycles. The van der Waals surface area contributed by atoms with Gasteiger partial charge in [-0.25, -0.2) is 0 Å². The molecule has 4 rings (SSSR count). The Hall–Kier alpha value is -2.12. The monoisotopic (exact) mass is 374 g/mol. The van der Waals surface area contributed by atoms with Crippen molar-refractivity contribution >= 4 is 21.5 Å². The zero-order chi connectivity index (χ0) is 16.4. The van der Waals surface area contributed by atoms with Gasteiger partial charge in [0.05, 0.1) is 0 Å². The number of aryl methyl sites for hydroxylation is 2. The molecule has 0 fully saturated rings. The Labute approximate surface area is 152 Å². The van der Waals surface area contributed by atoms with Crippen molar-refractivity contribution in [1.29, 1.82) is 0 Å². The summed E-state index contributed by atoms with van der Waals surface area (Å²) >= 11 is 3.59. The Balaban J connectivity index is 1.86. The second-order valence-electron chi connectivity index (χ2n) is 6.17. The van der Waals surface area contributed by atoms with Crippen LogP contribution < -0.4 is 0 Å². The second kappa shape index (κ2) is 6.78.